The van der Waals surface area contributed by atoms with Crippen LogP contribution < -0.4 is 10.4 Å². The quantitative estimate of drug-likeness (QED) is 0.394. The molecule has 1 unspecified atom stereocenters. The Morgan fingerprint density at radius 3 is 2.72 bits per heavy atom. The number of fused-ring (bicyclic) bond motifs is 1. The molecular weight excluding hydrogens is 441 g/mol. The summed E-state index contributed by atoms with van der Waals surface area (Å²) >= 11 is 6.39. The lowest BCUT2D eigenvalue weighted by Crippen LogP contribution is -2.30. The summed E-state index contributed by atoms with van der Waals surface area (Å²) in [6.45, 7) is 2.82. The number of rotatable bonds is 8. The molecule has 32 heavy (non-hydrogen) atoms. The summed E-state index contributed by atoms with van der Waals surface area (Å²) in [7, 11) is -1.74. The van der Waals surface area contributed by atoms with Gasteiger partial charge in [-0.25, -0.2) is 18.7 Å². The molecule has 2 N–H and O–H groups in total. The molecule has 4 rings (SSSR count). The highest BCUT2D eigenvalue weighted by Gasteiger charge is 2.24. The van der Waals surface area contributed by atoms with Crippen molar-refractivity contribution < 1.29 is 23.6 Å². The fraction of sp³-hybridized carbons (Fsp3) is 0.429. The molecule has 1 aromatic carbocycles. The molecule has 1 aliphatic rings. The summed E-state index contributed by atoms with van der Waals surface area (Å²) < 4.78 is 31.8. The van der Waals surface area contributed by atoms with Crippen molar-refractivity contribution in [3.05, 3.63) is 35.5 Å². The maximum Gasteiger partial charge on any atom is 0.490 e. The molecular formula is C21H24BClF2N4O3. The molecule has 11 heteroatoms. The Labute approximate surface area is 189 Å². The van der Waals surface area contributed by atoms with E-state index in [0.717, 1.165) is 30.8 Å². The second-order valence-corrected chi connectivity index (χ2v) is 8.23. The molecule has 0 spiro atoms. The fourth-order valence-electron chi connectivity index (χ4n) is 4.11. The number of alkyl halides is 2. The molecule has 7 nitrogen and oxygen atoms in total. The molecule has 1 fully saturated rings. The van der Waals surface area contributed by atoms with Gasteiger partial charge in [-0.2, -0.15) is 0 Å². The van der Waals surface area contributed by atoms with Gasteiger partial charge >= 0.3 is 7.12 Å². The number of ether oxygens (including phenoxy) is 1. The molecule has 3 heterocycles. The van der Waals surface area contributed by atoms with E-state index in [9.17, 15) is 18.8 Å². The standard InChI is InChI=1S/C21H24BClF2N4O3/c1-13-3-2-8-28(13)18-7-4-14(11-26-18)21-27-20-16(6-5-15(19(20)23)22(30)31)29(21)9-10-32-12-17(24)25/h4-7,11,13,17,30-31H,2-3,8-10,12H2,1H3. The Kier molecular flexibility index (Phi) is 6.95. The van der Waals surface area contributed by atoms with Crippen molar-refractivity contribution in [3.63, 3.8) is 0 Å². The summed E-state index contributed by atoms with van der Waals surface area (Å²) in [6.07, 6.45) is 1.46. The second kappa shape index (κ2) is 9.70. The summed E-state index contributed by atoms with van der Waals surface area (Å²) in [4.78, 5) is 11.5. The van der Waals surface area contributed by atoms with Crippen LogP contribution in [0.3, 0.4) is 0 Å². The Bertz CT molecular complexity index is 1080. The monoisotopic (exact) mass is 464 g/mol. The average Bonchev–Trinajstić information content (AvgIpc) is 3.35. The normalized spacial score (nSPS) is 16.5. The smallest absolute Gasteiger partial charge is 0.423 e. The number of anilines is 1. The van der Waals surface area contributed by atoms with E-state index in [2.05, 4.69) is 21.8 Å². The number of hydrogen-bond acceptors (Lipinski definition) is 6. The van der Waals surface area contributed by atoms with Crippen molar-refractivity contribution >= 4 is 41.0 Å². The third-order valence-corrected chi connectivity index (χ3v) is 6.12. The molecule has 0 radical (unpaired) electrons. The summed E-state index contributed by atoms with van der Waals surface area (Å²) in [5.74, 6) is 1.44. The van der Waals surface area contributed by atoms with Crippen LogP contribution in [0.2, 0.25) is 5.02 Å². The van der Waals surface area contributed by atoms with E-state index in [1.807, 2.05) is 16.7 Å². The van der Waals surface area contributed by atoms with Gasteiger partial charge in [-0.15, -0.1) is 0 Å². The van der Waals surface area contributed by atoms with E-state index in [1.54, 1.807) is 12.3 Å². The maximum atomic E-state index is 12.4. The first-order valence-electron chi connectivity index (χ1n) is 10.5. The third kappa shape index (κ3) is 4.59. The van der Waals surface area contributed by atoms with Crippen LogP contribution in [-0.4, -0.2) is 63.9 Å². The van der Waals surface area contributed by atoms with E-state index in [0.29, 0.717) is 22.9 Å². The van der Waals surface area contributed by atoms with Gasteiger partial charge in [0.05, 0.1) is 17.1 Å². The van der Waals surface area contributed by atoms with E-state index in [4.69, 9.17) is 16.3 Å². The lowest BCUT2D eigenvalue weighted by molar-refractivity contribution is 0.0151. The summed E-state index contributed by atoms with van der Waals surface area (Å²) in [5, 5.41) is 19.3. The van der Waals surface area contributed by atoms with Crippen LogP contribution in [0.5, 0.6) is 0 Å². The molecule has 1 atom stereocenters. The Morgan fingerprint density at radius 1 is 1.28 bits per heavy atom. The fourth-order valence-corrected chi connectivity index (χ4v) is 4.41. The van der Waals surface area contributed by atoms with E-state index in [1.165, 1.54) is 6.07 Å². The second-order valence-electron chi connectivity index (χ2n) is 7.85. The molecule has 3 aromatic rings. The average molecular weight is 465 g/mol. The number of aromatic nitrogens is 3. The molecule has 1 saturated heterocycles. The van der Waals surface area contributed by atoms with E-state index >= 15 is 0 Å². The number of benzene rings is 1. The predicted octanol–water partition coefficient (Wildman–Crippen LogP) is 2.70. The number of imidazole rings is 1. The zero-order valence-electron chi connectivity index (χ0n) is 17.6. The van der Waals surface area contributed by atoms with Crippen molar-refractivity contribution in [2.45, 2.75) is 38.8 Å². The molecule has 1 aliphatic heterocycles. The zero-order chi connectivity index (χ0) is 22.8. The Morgan fingerprint density at radius 2 is 2.09 bits per heavy atom. The van der Waals surface area contributed by atoms with Gasteiger partial charge < -0.3 is 24.3 Å². The topological polar surface area (TPSA) is 83.6 Å². The van der Waals surface area contributed by atoms with Gasteiger partial charge in [-0.05, 0) is 38.0 Å². The maximum absolute atomic E-state index is 12.4. The first-order valence-corrected chi connectivity index (χ1v) is 10.9. The lowest BCUT2D eigenvalue weighted by atomic mass is 9.80. The number of halogens is 3. The van der Waals surface area contributed by atoms with Crippen LogP contribution in [0, 0.1) is 0 Å². The van der Waals surface area contributed by atoms with Gasteiger partial charge in [-0.1, -0.05) is 17.7 Å². The largest absolute Gasteiger partial charge is 0.490 e. The predicted molar refractivity (Wildman–Crippen MR) is 121 cm³/mol. The molecule has 170 valence electrons. The highest BCUT2D eigenvalue weighted by molar-refractivity contribution is 6.63. The van der Waals surface area contributed by atoms with Crippen molar-refractivity contribution in [1.82, 2.24) is 14.5 Å². The van der Waals surface area contributed by atoms with Crippen molar-refractivity contribution in [2.24, 2.45) is 0 Å². The van der Waals surface area contributed by atoms with Gasteiger partial charge in [0.15, 0.2) is 0 Å². The first-order chi connectivity index (χ1) is 15.4. The number of hydrogen-bond donors (Lipinski definition) is 2. The van der Waals surface area contributed by atoms with Crippen LogP contribution in [0.4, 0.5) is 14.6 Å². The van der Waals surface area contributed by atoms with Gasteiger partial charge in [0, 0.05) is 36.4 Å². The summed E-state index contributed by atoms with van der Waals surface area (Å²) in [6, 6.07) is 7.48. The first kappa shape index (κ1) is 22.9. The minimum absolute atomic E-state index is 0.0571. The Hall–Kier alpha value is -2.27. The van der Waals surface area contributed by atoms with Crippen LogP contribution in [0.1, 0.15) is 19.8 Å². The van der Waals surface area contributed by atoms with Crippen LogP contribution in [0.15, 0.2) is 30.5 Å². The molecule has 0 aliphatic carbocycles. The van der Waals surface area contributed by atoms with Gasteiger partial charge in [-0.3, -0.25) is 0 Å². The highest BCUT2D eigenvalue weighted by Crippen LogP contribution is 2.30. The molecule has 0 amide bonds. The van der Waals surface area contributed by atoms with Crippen LogP contribution in [-0.2, 0) is 11.3 Å². The van der Waals surface area contributed by atoms with Crippen molar-refractivity contribution in [3.8, 4) is 11.4 Å². The van der Waals surface area contributed by atoms with Crippen molar-refractivity contribution in [2.75, 3.05) is 24.7 Å². The minimum atomic E-state index is -2.54. The number of nitrogens with zero attached hydrogens (tertiary/aromatic N) is 4. The molecule has 2 aromatic heterocycles. The lowest BCUT2D eigenvalue weighted by Gasteiger charge is -2.22. The summed E-state index contributed by atoms with van der Waals surface area (Å²) in [5.41, 5.74) is 1.89. The van der Waals surface area contributed by atoms with E-state index < -0.39 is 20.2 Å². The number of pyridine rings is 1. The molecule has 0 saturated carbocycles. The van der Waals surface area contributed by atoms with Crippen LogP contribution in [0.25, 0.3) is 22.4 Å². The highest BCUT2D eigenvalue weighted by atomic mass is 35.5. The van der Waals surface area contributed by atoms with Gasteiger partial charge in [0.1, 0.15) is 23.8 Å². The van der Waals surface area contributed by atoms with Gasteiger partial charge in [0.2, 0.25) is 0 Å². The minimum Gasteiger partial charge on any atom is -0.423 e. The third-order valence-electron chi connectivity index (χ3n) is 5.72. The molecule has 0 bridgehead atoms. The SMILES string of the molecule is CC1CCCN1c1ccc(-c2nc3c(Cl)c(B(O)O)ccc3n2CCOCC(F)F)cn1. The van der Waals surface area contributed by atoms with Gasteiger partial charge in [0.25, 0.3) is 6.43 Å². The van der Waals surface area contributed by atoms with E-state index in [-0.39, 0.29) is 23.6 Å². The zero-order valence-corrected chi connectivity index (χ0v) is 18.3. The van der Waals surface area contributed by atoms with Crippen LogP contribution >= 0.6 is 11.6 Å². The Balaban J connectivity index is 1.71. The van der Waals surface area contributed by atoms with Crippen molar-refractivity contribution in [1.29, 1.82) is 0 Å².